The molecule has 0 aromatic heterocycles. The molecule has 0 saturated carbocycles. The Morgan fingerprint density at radius 2 is 1.41 bits per heavy atom. The maximum absolute atomic E-state index is 13.9. The Labute approximate surface area is 217 Å². The van der Waals surface area contributed by atoms with Crippen molar-refractivity contribution in [3.63, 3.8) is 0 Å². The first-order valence-corrected chi connectivity index (χ1v) is 12.7. The summed E-state index contributed by atoms with van der Waals surface area (Å²) in [5.74, 6) is -0.911. The number of amides is 1. The van der Waals surface area contributed by atoms with Crippen molar-refractivity contribution < 1.29 is 19.1 Å². The molecule has 1 saturated heterocycles. The monoisotopic (exact) mass is 496 g/mol. The van der Waals surface area contributed by atoms with E-state index < -0.39 is 12.0 Å². The molecule has 190 valence electrons. The number of methoxy groups -OCH3 is 1. The van der Waals surface area contributed by atoms with Gasteiger partial charge < -0.3 is 14.8 Å². The molecule has 3 aromatic rings. The van der Waals surface area contributed by atoms with Gasteiger partial charge in [0.15, 0.2) is 0 Å². The number of carbonyl (C=O) groups excluding carboxylic acids is 2. The van der Waals surface area contributed by atoms with Crippen molar-refractivity contribution >= 4 is 11.9 Å². The third kappa shape index (κ3) is 5.66. The van der Waals surface area contributed by atoms with E-state index in [1.54, 1.807) is 0 Å². The lowest BCUT2D eigenvalue weighted by Crippen LogP contribution is -2.57. The van der Waals surface area contributed by atoms with Crippen LogP contribution in [0.3, 0.4) is 0 Å². The van der Waals surface area contributed by atoms with Crippen molar-refractivity contribution in [2.75, 3.05) is 7.11 Å². The number of rotatable bonds is 10. The summed E-state index contributed by atoms with van der Waals surface area (Å²) in [6, 6.07) is 29.1. The van der Waals surface area contributed by atoms with Crippen molar-refractivity contribution in [2.45, 2.75) is 43.8 Å². The first-order valence-electron chi connectivity index (χ1n) is 12.7. The molecule has 2 aliphatic heterocycles. The number of hydrogen-bond acceptors (Lipinski definition) is 5. The first-order chi connectivity index (χ1) is 18.1. The van der Waals surface area contributed by atoms with Gasteiger partial charge in [-0.25, -0.2) is 0 Å². The zero-order chi connectivity index (χ0) is 25.6. The lowest BCUT2D eigenvalue weighted by atomic mass is 9.85. The van der Waals surface area contributed by atoms with E-state index in [0.29, 0.717) is 19.5 Å². The van der Waals surface area contributed by atoms with Crippen LogP contribution in [-0.2, 0) is 38.6 Å². The van der Waals surface area contributed by atoms with E-state index in [1.165, 1.54) is 7.11 Å². The minimum atomic E-state index is -0.528. The summed E-state index contributed by atoms with van der Waals surface area (Å²) in [4.78, 5) is 29.1. The Morgan fingerprint density at radius 3 is 2.03 bits per heavy atom. The molecular weight excluding hydrogens is 464 g/mol. The molecule has 2 aliphatic rings. The Bertz CT molecular complexity index is 1220. The summed E-state index contributed by atoms with van der Waals surface area (Å²) >= 11 is 0. The summed E-state index contributed by atoms with van der Waals surface area (Å²) in [6.45, 7) is 0.924. The van der Waals surface area contributed by atoms with Crippen LogP contribution in [0.1, 0.15) is 16.7 Å². The highest BCUT2D eigenvalue weighted by Crippen LogP contribution is 2.40. The van der Waals surface area contributed by atoms with E-state index in [2.05, 4.69) is 10.2 Å². The van der Waals surface area contributed by atoms with Crippen LogP contribution in [0.5, 0.6) is 0 Å². The first kappa shape index (κ1) is 24.9. The largest absolute Gasteiger partial charge is 0.469 e. The van der Waals surface area contributed by atoms with E-state index in [4.69, 9.17) is 9.47 Å². The van der Waals surface area contributed by atoms with Crippen LogP contribution < -0.4 is 5.32 Å². The number of nitrogens with one attached hydrogen (secondary N) is 1. The fraction of sp³-hybridized carbons (Fsp3) is 0.290. The number of hydrogen-bond donors (Lipinski definition) is 1. The second-order valence-electron chi connectivity index (χ2n) is 9.56. The molecule has 2 bridgehead atoms. The van der Waals surface area contributed by atoms with Crippen LogP contribution in [0.15, 0.2) is 103 Å². The topological polar surface area (TPSA) is 67.9 Å². The minimum Gasteiger partial charge on any atom is -0.469 e. The highest BCUT2D eigenvalue weighted by atomic mass is 16.5. The number of esters is 1. The van der Waals surface area contributed by atoms with Gasteiger partial charge in [0.25, 0.3) is 0 Å². The normalized spacial score (nSPS) is 22.6. The van der Waals surface area contributed by atoms with Gasteiger partial charge in [0, 0.05) is 13.1 Å². The minimum absolute atomic E-state index is 0.0843. The zero-order valence-corrected chi connectivity index (χ0v) is 20.9. The van der Waals surface area contributed by atoms with E-state index in [9.17, 15) is 9.59 Å². The molecule has 6 nitrogen and oxygen atoms in total. The van der Waals surface area contributed by atoms with Crippen LogP contribution in [0.2, 0.25) is 0 Å². The predicted molar refractivity (Wildman–Crippen MR) is 141 cm³/mol. The van der Waals surface area contributed by atoms with Crippen LogP contribution in [0, 0.1) is 5.92 Å². The third-order valence-electron chi connectivity index (χ3n) is 7.21. The van der Waals surface area contributed by atoms with E-state index in [0.717, 1.165) is 16.7 Å². The average molecular weight is 497 g/mol. The molecule has 6 heteroatoms. The highest BCUT2D eigenvalue weighted by Gasteiger charge is 2.54. The maximum Gasteiger partial charge on any atom is 0.313 e. The molecule has 37 heavy (non-hydrogen) atoms. The standard InChI is InChI=1S/C31H32N2O4/c1-36-31(35)28-26-17-18-27(37-26)29(28)33(21-24-15-9-4-10-16-24)25(19-22-11-5-2-6-12-22)30(34)32-20-23-13-7-3-8-14-23/h2-18,25-29H,19-21H2,1H3,(H,32,34)/t25-,26+,27-,28-,29-/m1/s1. The van der Waals surface area contributed by atoms with Crippen molar-refractivity contribution in [3.8, 4) is 0 Å². The molecule has 3 aromatic carbocycles. The number of benzene rings is 3. The van der Waals surface area contributed by atoms with Gasteiger partial charge in [-0.15, -0.1) is 0 Å². The summed E-state index contributed by atoms with van der Waals surface area (Å²) in [5, 5.41) is 3.16. The van der Waals surface area contributed by atoms with Crippen molar-refractivity contribution in [3.05, 3.63) is 120 Å². The fourth-order valence-electron chi connectivity index (χ4n) is 5.41. The predicted octanol–water partition coefficient (Wildman–Crippen LogP) is 3.91. The summed E-state index contributed by atoms with van der Waals surface area (Å²) in [7, 11) is 1.41. The van der Waals surface area contributed by atoms with E-state index in [-0.39, 0.29) is 30.1 Å². The van der Waals surface area contributed by atoms with Gasteiger partial charge in [-0.3, -0.25) is 14.5 Å². The molecule has 1 amide bonds. The van der Waals surface area contributed by atoms with Gasteiger partial charge in [0.2, 0.25) is 5.91 Å². The maximum atomic E-state index is 13.9. The third-order valence-corrected chi connectivity index (χ3v) is 7.21. The fourth-order valence-corrected chi connectivity index (χ4v) is 5.41. The molecule has 0 unspecified atom stereocenters. The van der Waals surface area contributed by atoms with Gasteiger partial charge in [-0.1, -0.05) is 103 Å². The second-order valence-corrected chi connectivity index (χ2v) is 9.56. The Kier molecular flexibility index (Phi) is 7.78. The van der Waals surface area contributed by atoms with Crippen LogP contribution >= 0.6 is 0 Å². The summed E-state index contributed by atoms with van der Waals surface area (Å²) in [5.41, 5.74) is 3.14. The van der Waals surface area contributed by atoms with Crippen LogP contribution in [0.25, 0.3) is 0 Å². The van der Waals surface area contributed by atoms with Crippen LogP contribution in [0.4, 0.5) is 0 Å². The Morgan fingerprint density at radius 1 is 0.838 bits per heavy atom. The molecule has 1 N–H and O–H groups in total. The molecule has 2 heterocycles. The molecule has 0 spiro atoms. The molecule has 0 radical (unpaired) electrons. The molecule has 0 aliphatic carbocycles. The molecule has 5 atom stereocenters. The van der Waals surface area contributed by atoms with Crippen molar-refractivity contribution in [2.24, 2.45) is 5.92 Å². The highest BCUT2D eigenvalue weighted by molar-refractivity contribution is 5.82. The van der Waals surface area contributed by atoms with Gasteiger partial charge >= 0.3 is 5.97 Å². The second kappa shape index (κ2) is 11.5. The lowest BCUT2D eigenvalue weighted by molar-refractivity contribution is -0.149. The quantitative estimate of drug-likeness (QED) is 0.341. The van der Waals surface area contributed by atoms with E-state index >= 15 is 0 Å². The van der Waals surface area contributed by atoms with E-state index in [1.807, 2.05) is 103 Å². The van der Waals surface area contributed by atoms with Crippen molar-refractivity contribution in [1.29, 1.82) is 0 Å². The van der Waals surface area contributed by atoms with Gasteiger partial charge in [-0.05, 0) is 23.1 Å². The number of fused-ring (bicyclic) bond motifs is 2. The smallest absolute Gasteiger partial charge is 0.313 e. The van der Waals surface area contributed by atoms with Gasteiger partial charge in [0.05, 0.1) is 31.4 Å². The zero-order valence-electron chi connectivity index (χ0n) is 20.9. The van der Waals surface area contributed by atoms with Gasteiger partial charge in [-0.2, -0.15) is 0 Å². The molecule has 5 rings (SSSR count). The molecule has 1 fully saturated rings. The lowest BCUT2D eigenvalue weighted by Gasteiger charge is -2.40. The van der Waals surface area contributed by atoms with Gasteiger partial charge in [0.1, 0.15) is 5.92 Å². The summed E-state index contributed by atoms with van der Waals surface area (Å²) in [6.07, 6.45) is 3.79. The number of ether oxygens (including phenoxy) is 2. The summed E-state index contributed by atoms with van der Waals surface area (Å²) < 4.78 is 11.4. The number of nitrogens with zero attached hydrogens (tertiary/aromatic N) is 1. The average Bonchev–Trinajstić information content (AvgIpc) is 3.57. The van der Waals surface area contributed by atoms with Crippen molar-refractivity contribution in [1.82, 2.24) is 10.2 Å². The van der Waals surface area contributed by atoms with Crippen LogP contribution in [-0.4, -0.2) is 48.2 Å². The SMILES string of the molecule is COC(=O)[C@H]1[C@H](N(Cc2ccccc2)[C@H](Cc2ccccc2)C(=O)NCc2ccccc2)[C@H]2C=C[C@@H]1O2. The Balaban J connectivity index is 1.51. The number of carbonyl (C=O) groups is 2. The molecular formula is C31H32N2O4. The Hall–Kier alpha value is -3.74.